The third-order valence-corrected chi connectivity index (χ3v) is 4.29. The highest BCUT2D eigenvalue weighted by molar-refractivity contribution is 9.10. The number of carbonyl (C=O) groups is 2. The smallest absolute Gasteiger partial charge is 0.305 e. The maximum Gasteiger partial charge on any atom is 0.305 e. The first kappa shape index (κ1) is 16.0. The van der Waals surface area contributed by atoms with Gasteiger partial charge in [0.15, 0.2) is 0 Å². The minimum Gasteiger partial charge on any atom is -0.469 e. The van der Waals surface area contributed by atoms with Gasteiger partial charge in [0.1, 0.15) is 0 Å². The molecule has 2 unspecified atom stereocenters. The molecule has 1 aromatic carbocycles. The number of hydrogen-bond donors (Lipinski definition) is 1. The van der Waals surface area contributed by atoms with Crippen LogP contribution in [0.4, 0.5) is 0 Å². The van der Waals surface area contributed by atoms with E-state index in [0.29, 0.717) is 18.9 Å². The van der Waals surface area contributed by atoms with Gasteiger partial charge in [-0.15, -0.1) is 0 Å². The Bertz CT molecular complexity index is 501. The molecule has 0 aromatic heterocycles. The molecular weight excluding hydrogens is 334 g/mol. The summed E-state index contributed by atoms with van der Waals surface area (Å²) >= 11 is 3.41. The molecule has 2 rings (SSSR count). The van der Waals surface area contributed by atoms with Crippen molar-refractivity contribution in [1.82, 2.24) is 5.32 Å². The van der Waals surface area contributed by atoms with Crippen LogP contribution in [0.5, 0.6) is 0 Å². The summed E-state index contributed by atoms with van der Waals surface area (Å²) in [5, 5.41) is 2.95. The Morgan fingerprint density at radius 1 is 1.29 bits per heavy atom. The predicted molar refractivity (Wildman–Crippen MR) is 83.9 cm³/mol. The highest BCUT2D eigenvalue weighted by Gasteiger charge is 2.43. The van der Waals surface area contributed by atoms with E-state index in [-0.39, 0.29) is 17.8 Å². The number of rotatable bonds is 7. The second-order valence-corrected chi connectivity index (χ2v) is 6.24. The van der Waals surface area contributed by atoms with Crippen LogP contribution >= 0.6 is 15.9 Å². The van der Waals surface area contributed by atoms with Gasteiger partial charge in [-0.2, -0.15) is 0 Å². The maximum absolute atomic E-state index is 12.0. The van der Waals surface area contributed by atoms with Crippen LogP contribution in [0.3, 0.4) is 0 Å². The fourth-order valence-corrected chi connectivity index (χ4v) is 2.67. The molecule has 1 amide bonds. The lowest BCUT2D eigenvalue weighted by Crippen LogP contribution is -2.26. The average molecular weight is 354 g/mol. The number of methoxy groups -OCH3 is 1. The molecule has 0 radical (unpaired) electrons. The monoisotopic (exact) mass is 353 g/mol. The van der Waals surface area contributed by atoms with Crippen LogP contribution in [0.15, 0.2) is 28.7 Å². The maximum atomic E-state index is 12.0. The van der Waals surface area contributed by atoms with Gasteiger partial charge in [-0.25, -0.2) is 0 Å². The number of hydrogen-bond acceptors (Lipinski definition) is 3. The Hall–Kier alpha value is -1.36. The summed E-state index contributed by atoms with van der Waals surface area (Å²) in [4.78, 5) is 22.9. The van der Waals surface area contributed by atoms with E-state index in [1.807, 2.05) is 12.1 Å². The highest BCUT2D eigenvalue weighted by atomic mass is 79.9. The van der Waals surface area contributed by atoms with E-state index >= 15 is 0 Å². The van der Waals surface area contributed by atoms with Gasteiger partial charge in [0.25, 0.3) is 0 Å². The van der Waals surface area contributed by atoms with Crippen LogP contribution in [-0.2, 0) is 14.3 Å². The van der Waals surface area contributed by atoms with E-state index in [2.05, 4.69) is 38.1 Å². The normalized spacial score (nSPS) is 19.9. The molecular formula is C16H20BrNO3. The van der Waals surface area contributed by atoms with Gasteiger partial charge < -0.3 is 10.1 Å². The molecule has 2 atom stereocenters. The quantitative estimate of drug-likeness (QED) is 0.605. The second-order valence-electron chi connectivity index (χ2n) is 5.32. The van der Waals surface area contributed by atoms with Gasteiger partial charge in [0.2, 0.25) is 5.91 Å². The Morgan fingerprint density at radius 3 is 2.67 bits per heavy atom. The molecule has 1 aliphatic carbocycles. The van der Waals surface area contributed by atoms with Crippen molar-refractivity contribution in [1.29, 1.82) is 0 Å². The third-order valence-electron chi connectivity index (χ3n) is 3.76. The van der Waals surface area contributed by atoms with Gasteiger partial charge in [-0.05, 0) is 42.9 Å². The molecule has 1 aromatic rings. The number of ether oxygens (including phenoxy) is 1. The van der Waals surface area contributed by atoms with Crippen LogP contribution in [0.2, 0.25) is 0 Å². The minimum atomic E-state index is -0.196. The average Bonchev–Trinajstić information content (AvgIpc) is 3.27. The van der Waals surface area contributed by atoms with Crippen LogP contribution in [0.25, 0.3) is 0 Å². The standard InChI is InChI=1S/C16H20BrNO3/c1-21-15(19)4-2-3-9-18-16(20)14-10-13(14)11-5-7-12(17)8-6-11/h5-8,13-14H,2-4,9-10H2,1H3,(H,18,20). The second kappa shape index (κ2) is 7.59. The molecule has 0 saturated heterocycles. The topological polar surface area (TPSA) is 55.4 Å². The molecule has 4 nitrogen and oxygen atoms in total. The lowest BCUT2D eigenvalue weighted by molar-refractivity contribution is -0.140. The van der Waals surface area contributed by atoms with E-state index in [9.17, 15) is 9.59 Å². The van der Waals surface area contributed by atoms with Gasteiger partial charge >= 0.3 is 5.97 Å². The Kier molecular flexibility index (Phi) is 5.79. The Labute approximate surface area is 133 Å². The van der Waals surface area contributed by atoms with Crippen LogP contribution < -0.4 is 5.32 Å². The zero-order chi connectivity index (χ0) is 15.2. The summed E-state index contributed by atoms with van der Waals surface area (Å²) in [6, 6.07) is 8.15. The van der Waals surface area contributed by atoms with Crippen molar-refractivity contribution < 1.29 is 14.3 Å². The van der Waals surface area contributed by atoms with E-state index in [1.54, 1.807) is 0 Å². The molecule has 114 valence electrons. The summed E-state index contributed by atoms with van der Waals surface area (Å²) in [6.45, 7) is 0.624. The molecule has 0 heterocycles. The Morgan fingerprint density at radius 2 is 2.00 bits per heavy atom. The summed E-state index contributed by atoms with van der Waals surface area (Å²) < 4.78 is 5.62. The van der Waals surface area contributed by atoms with Crippen LogP contribution in [0, 0.1) is 5.92 Å². The summed E-state index contributed by atoms with van der Waals surface area (Å²) in [5.74, 6) is 0.389. The first-order valence-corrected chi connectivity index (χ1v) is 8.01. The zero-order valence-corrected chi connectivity index (χ0v) is 13.7. The third kappa shape index (κ3) is 4.84. The summed E-state index contributed by atoms with van der Waals surface area (Å²) in [7, 11) is 1.39. The van der Waals surface area contributed by atoms with E-state index in [0.717, 1.165) is 23.7 Å². The Balaban J connectivity index is 1.64. The van der Waals surface area contributed by atoms with Gasteiger partial charge in [0, 0.05) is 23.4 Å². The number of nitrogens with one attached hydrogen (secondary N) is 1. The van der Waals surface area contributed by atoms with Crippen molar-refractivity contribution >= 4 is 27.8 Å². The molecule has 1 fully saturated rings. The van der Waals surface area contributed by atoms with Crippen molar-refractivity contribution in [3.05, 3.63) is 34.3 Å². The largest absolute Gasteiger partial charge is 0.469 e. The number of esters is 1. The molecule has 0 aliphatic heterocycles. The fraction of sp³-hybridized carbons (Fsp3) is 0.500. The van der Waals surface area contributed by atoms with Crippen LogP contribution in [0.1, 0.15) is 37.2 Å². The molecule has 5 heteroatoms. The van der Waals surface area contributed by atoms with Crippen LogP contribution in [-0.4, -0.2) is 25.5 Å². The molecule has 0 spiro atoms. The van der Waals surface area contributed by atoms with E-state index in [1.165, 1.54) is 12.7 Å². The molecule has 21 heavy (non-hydrogen) atoms. The van der Waals surface area contributed by atoms with E-state index in [4.69, 9.17) is 0 Å². The van der Waals surface area contributed by atoms with Crippen molar-refractivity contribution in [3.8, 4) is 0 Å². The highest BCUT2D eigenvalue weighted by Crippen LogP contribution is 2.47. The molecule has 1 saturated carbocycles. The number of unbranched alkanes of at least 4 members (excludes halogenated alkanes) is 1. The molecule has 1 aliphatic rings. The number of benzene rings is 1. The SMILES string of the molecule is COC(=O)CCCCNC(=O)C1CC1c1ccc(Br)cc1. The van der Waals surface area contributed by atoms with Gasteiger partial charge in [0.05, 0.1) is 7.11 Å². The van der Waals surface area contributed by atoms with Gasteiger partial charge in [-0.3, -0.25) is 9.59 Å². The lowest BCUT2D eigenvalue weighted by atomic mass is 10.1. The number of halogens is 1. The lowest BCUT2D eigenvalue weighted by Gasteiger charge is -2.05. The van der Waals surface area contributed by atoms with Crippen molar-refractivity contribution in [3.63, 3.8) is 0 Å². The first-order chi connectivity index (χ1) is 10.1. The predicted octanol–water partition coefficient (Wildman–Crippen LogP) is 3.01. The van der Waals surface area contributed by atoms with E-state index < -0.39 is 0 Å². The van der Waals surface area contributed by atoms with Crippen molar-refractivity contribution in [2.75, 3.05) is 13.7 Å². The van der Waals surface area contributed by atoms with Crippen molar-refractivity contribution in [2.45, 2.75) is 31.6 Å². The number of amides is 1. The first-order valence-electron chi connectivity index (χ1n) is 7.22. The van der Waals surface area contributed by atoms with Crippen molar-refractivity contribution in [2.24, 2.45) is 5.92 Å². The minimum absolute atomic E-state index is 0.104. The molecule has 1 N–H and O–H groups in total. The summed E-state index contributed by atoms with van der Waals surface area (Å²) in [6.07, 6.45) is 2.89. The zero-order valence-electron chi connectivity index (χ0n) is 12.1. The number of carbonyl (C=O) groups excluding carboxylic acids is 2. The van der Waals surface area contributed by atoms with Gasteiger partial charge in [-0.1, -0.05) is 28.1 Å². The molecule has 0 bridgehead atoms. The summed E-state index contributed by atoms with van der Waals surface area (Å²) in [5.41, 5.74) is 1.23. The fourth-order valence-electron chi connectivity index (χ4n) is 2.40.